The van der Waals surface area contributed by atoms with Gasteiger partial charge in [0.2, 0.25) is 5.91 Å². The third kappa shape index (κ3) is 3.64. The summed E-state index contributed by atoms with van der Waals surface area (Å²) < 4.78 is 0.993. The lowest BCUT2D eigenvalue weighted by Gasteiger charge is -2.34. The Morgan fingerprint density at radius 3 is 2.54 bits per heavy atom. The van der Waals surface area contributed by atoms with Gasteiger partial charge in [0.05, 0.1) is 0 Å². The Hall–Kier alpha value is -1.82. The minimum Gasteiger partial charge on any atom is -0.351 e. The van der Waals surface area contributed by atoms with Crippen molar-refractivity contribution < 1.29 is 9.59 Å². The SMILES string of the molecule is CCCCC(=O)N1CCN(C(=O)c2cc3cc(Br)ccc3[nH]2)CC1. The second-order valence-corrected chi connectivity index (χ2v) is 7.11. The number of aromatic amines is 1. The number of benzene rings is 1. The van der Waals surface area contributed by atoms with Gasteiger partial charge in [0, 0.05) is 48.0 Å². The molecule has 1 aliphatic heterocycles. The third-order valence-corrected chi connectivity index (χ3v) is 4.97. The van der Waals surface area contributed by atoms with Crippen LogP contribution in [0.1, 0.15) is 36.7 Å². The van der Waals surface area contributed by atoms with E-state index >= 15 is 0 Å². The number of fused-ring (bicyclic) bond motifs is 1. The molecule has 0 saturated carbocycles. The molecule has 6 heteroatoms. The largest absolute Gasteiger partial charge is 0.351 e. The lowest BCUT2D eigenvalue weighted by atomic mass is 10.2. The van der Waals surface area contributed by atoms with Crippen molar-refractivity contribution in [1.82, 2.24) is 14.8 Å². The summed E-state index contributed by atoms with van der Waals surface area (Å²) >= 11 is 3.45. The van der Waals surface area contributed by atoms with E-state index in [2.05, 4.69) is 27.8 Å². The summed E-state index contributed by atoms with van der Waals surface area (Å²) in [6, 6.07) is 7.79. The van der Waals surface area contributed by atoms with Gasteiger partial charge in [0.15, 0.2) is 0 Å². The summed E-state index contributed by atoms with van der Waals surface area (Å²) in [5.74, 6) is 0.211. The van der Waals surface area contributed by atoms with Crippen molar-refractivity contribution in [3.05, 3.63) is 34.4 Å². The Labute approximate surface area is 150 Å². The second-order valence-electron chi connectivity index (χ2n) is 6.19. The van der Waals surface area contributed by atoms with Crippen molar-refractivity contribution in [2.75, 3.05) is 26.2 Å². The molecule has 128 valence electrons. The lowest BCUT2D eigenvalue weighted by Crippen LogP contribution is -2.50. The maximum atomic E-state index is 12.7. The number of H-pyrrole nitrogens is 1. The Bertz CT molecular complexity index is 748. The predicted octanol–water partition coefficient (Wildman–Crippen LogP) is 3.41. The van der Waals surface area contributed by atoms with Gasteiger partial charge in [-0.1, -0.05) is 29.3 Å². The van der Waals surface area contributed by atoms with Gasteiger partial charge < -0.3 is 14.8 Å². The van der Waals surface area contributed by atoms with Crippen LogP contribution in [-0.4, -0.2) is 52.8 Å². The minimum absolute atomic E-state index is 0.00276. The van der Waals surface area contributed by atoms with Gasteiger partial charge in [-0.05, 0) is 30.7 Å². The van der Waals surface area contributed by atoms with E-state index in [9.17, 15) is 9.59 Å². The quantitative estimate of drug-likeness (QED) is 0.867. The molecule has 0 aliphatic carbocycles. The number of carbonyl (C=O) groups excluding carboxylic acids is 2. The third-order valence-electron chi connectivity index (χ3n) is 4.48. The highest BCUT2D eigenvalue weighted by atomic mass is 79.9. The van der Waals surface area contributed by atoms with Crippen LogP contribution in [0.15, 0.2) is 28.7 Å². The van der Waals surface area contributed by atoms with E-state index in [0.717, 1.165) is 28.2 Å². The van der Waals surface area contributed by atoms with Crippen LogP contribution < -0.4 is 0 Å². The van der Waals surface area contributed by atoms with Gasteiger partial charge in [-0.15, -0.1) is 0 Å². The van der Waals surface area contributed by atoms with Crippen LogP contribution in [0.3, 0.4) is 0 Å². The molecule has 0 radical (unpaired) electrons. The lowest BCUT2D eigenvalue weighted by molar-refractivity contribution is -0.132. The zero-order chi connectivity index (χ0) is 17.1. The van der Waals surface area contributed by atoms with E-state index in [0.29, 0.717) is 38.3 Å². The number of amides is 2. The van der Waals surface area contributed by atoms with Crippen LogP contribution in [0.2, 0.25) is 0 Å². The van der Waals surface area contributed by atoms with Crippen LogP contribution in [0.4, 0.5) is 0 Å². The number of halogens is 1. The average Bonchev–Trinajstić information content (AvgIpc) is 3.02. The zero-order valence-corrected chi connectivity index (χ0v) is 15.4. The molecular weight excluding hydrogens is 370 g/mol. The number of carbonyl (C=O) groups is 2. The molecule has 0 bridgehead atoms. The van der Waals surface area contributed by atoms with E-state index in [-0.39, 0.29) is 11.8 Å². The number of hydrogen-bond donors (Lipinski definition) is 1. The highest BCUT2D eigenvalue weighted by Gasteiger charge is 2.25. The predicted molar refractivity (Wildman–Crippen MR) is 98.0 cm³/mol. The Kier molecular flexibility index (Phi) is 5.23. The fourth-order valence-electron chi connectivity index (χ4n) is 3.03. The van der Waals surface area contributed by atoms with E-state index in [1.54, 1.807) is 0 Å². The van der Waals surface area contributed by atoms with Gasteiger partial charge in [-0.2, -0.15) is 0 Å². The molecule has 24 heavy (non-hydrogen) atoms. The Balaban J connectivity index is 1.63. The summed E-state index contributed by atoms with van der Waals surface area (Å²) in [6.07, 6.45) is 2.57. The van der Waals surface area contributed by atoms with Crippen molar-refractivity contribution in [2.24, 2.45) is 0 Å². The number of nitrogens with one attached hydrogen (secondary N) is 1. The number of nitrogens with zero attached hydrogens (tertiary/aromatic N) is 2. The molecule has 1 N–H and O–H groups in total. The fourth-order valence-corrected chi connectivity index (χ4v) is 3.41. The Morgan fingerprint density at radius 1 is 1.12 bits per heavy atom. The maximum absolute atomic E-state index is 12.7. The van der Waals surface area contributed by atoms with Crippen LogP contribution in [0, 0.1) is 0 Å². The first-order valence-corrected chi connectivity index (χ1v) is 9.23. The van der Waals surface area contributed by atoms with Crippen molar-refractivity contribution in [1.29, 1.82) is 0 Å². The topological polar surface area (TPSA) is 56.4 Å². The first-order chi connectivity index (χ1) is 11.6. The monoisotopic (exact) mass is 391 g/mol. The van der Waals surface area contributed by atoms with Crippen LogP contribution in [0.5, 0.6) is 0 Å². The molecule has 1 fully saturated rings. The van der Waals surface area contributed by atoms with E-state index in [1.165, 1.54) is 0 Å². The van der Waals surface area contributed by atoms with E-state index < -0.39 is 0 Å². The molecule has 1 aromatic heterocycles. The molecule has 3 rings (SSSR count). The highest BCUT2D eigenvalue weighted by molar-refractivity contribution is 9.10. The van der Waals surface area contributed by atoms with E-state index in [4.69, 9.17) is 0 Å². The second kappa shape index (κ2) is 7.38. The van der Waals surface area contributed by atoms with Crippen molar-refractivity contribution in [2.45, 2.75) is 26.2 Å². The van der Waals surface area contributed by atoms with Crippen LogP contribution in [0.25, 0.3) is 10.9 Å². The van der Waals surface area contributed by atoms with Gasteiger partial charge in [-0.3, -0.25) is 9.59 Å². The van der Waals surface area contributed by atoms with Crippen molar-refractivity contribution >= 4 is 38.6 Å². The molecule has 0 atom stereocenters. The number of unbranched alkanes of at least 4 members (excludes halogenated alkanes) is 1. The van der Waals surface area contributed by atoms with Gasteiger partial charge in [-0.25, -0.2) is 0 Å². The van der Waals surface area contributed by atoms with Gasteiger partial charge >= 0.3 is 0 Å². The molecule has 0 spiro atoms. The minimum atomic E-state index is 0.00276. The van der Waals surface area contributed by atoms with Crippen molar-refractivity contribution in [3.8, 4) is 0 Å². The summed E-state index contributed by atoms with van der Waals surface area (Å²) in [7, 11) is 0. The molecular formula is C18H22BrN3O2. The number of piperazine rings is 1. The summed E-state index contributed by atoms with van der Waals surface area (Å²) in [4.78, 5) is 31.6. The summed E-state index contributed by atoms with van der Waals surface area (Å²) in [6.45, 7) is 4.52. The number of hydrogen-bond acceptors (Lipinski definition) is 2. The first-order valence-electron chi connectivity index (χ1n) is 8.44. The molecule has 1 aromatic carbocycles. The highest BCUT2D eigenvalue weighted by Crippen LogP contribution is 2.21. The number of rotatable bonds is 4. The molecule has 2 amide bonds. The van der Waals surface area contributed by atoms with Crippen LogP contribution >= 0.6 is 15.9 Å². The van der Waals surface area contributed by atoms with Gasteiger partial charge in [0.1, 0.15) is 5.69 Å². The average molecular weight is 392 g/mol. The molecule has 2 aromatic rings. The first kappa shape index (κ1) is 17.0. The molecule has 1 aliphatic rings. The molecule has 0 unspecified atom stereocenters. The smallest absolute Gasteiger partial charge is 0.270 e. The Morgan fingerprint density at radius 2 is 1.83 bits per heavy atom. The van der Waals surface area contributed by atoms with Crippen LogP contribution in [-0.2, 0) is 4.79 Å². The molecule has 2 heterocycles. The van der Waals surface area contributed by atoms with Crippen molar-refractivity contribution in [3.63, 3.8) is 0 Å². The fraction of sp³-hybridized carbons (Fsp3) is 0.444. The molecule has 5 nitrogen and oxygen atoms in total. The number of aromatic nitrogens is 1. The maximum Gasteiger partial charge on any atom is 0.270 e. The zero-order valence-electron chi connectivity index (χ0n) is 13.8. The summed E-state index contributed by atoms with van der Waals surface area (Å²) in [5, 5.41) is 1.01. The molecule has 1 saturated heterocycles. The standard InChI is InChI=1S/C18H22BrN3O2/c1-2-3-4-17(23)21-7-9-22(10-8-21)18(24)16-12-13-11-14(19)5-6-15(13)20-16/h5-6,11-12,20H,2-4,7-10H2,1H3. The van der Waals surface area contributed by atoms with Gasteiger partial charge in [0.25, 0.3) is 5.91 Å². The van der Waals surface area contributed by atoms with E-state index in [1.807, 2.05) is 34.1 Å². The normalized spacial score (nSPS) is 15.1. The summed E-state index contributed by atoms with van der Waals surface area (Å²) in [5.41, 5.74) is 1.56.